The van der Waals surface area contributed by atoms with Gasteiger partial charge in [-0.15, -0.1) is 12.4 Å². The van der Waals surface area contributed by atoms with Crippen LogP contribution in [-0.2, 0) is 9.59 Å². The Morgan fingerprint density at radius 2 is 1.84 bits per heavy atom. The second kappa shape index (κ2) is 11.7. The molecule has 0 saturated carbocycles. The molecule has 140 valence electrons. The summed E-state index contributed by atoms with van der Waals surface area (Å²) < 4.78 is 5.49. The van der Waals surface area contributed by atoms with Gasteiger partial charge in [-0.05, 0) is 31.5 Å². The number of rotatable bonds is 8. The number of ether oxygens (including phenoxy) is 1. The van der Waals surface area contributed by atoms with Crippen LogP contribution in [0.4, 0.5) is 0 Å². The predicted octanol–water partition coefficient (Wildman–Crippen LogP) is 1.45. The van der Waals surface area contributed by atoms with Gasteiger partial charge in [0.15, 0.2) is 6.61 Å². The maximum absolute atomic E-state index is 12.2. The van der Waals surface area contributed by atoms with Crippen molar-refractivity contribution in [2.45, 2.75) is 19.8 Å². The number of hydrogen-bond acceptors (Lipinski definition) is 4. The van der Waals surface area contributed by atoms with Crippen molar-refractivity contribution in [3.63, 3.8) is 0 Å². The molecule has 2 N–H and O–H groups in total. The van der Waals surface area contributed by atoms with Crippen LogP contribution in [0.15, 0.2) is 30.3 Å². The summed E-state index contributed by atoms with van der Waals surface area (Å²) in [5.41, 5.74) is 0. The van der Waals surface area contributed by atoms with Crippen molar-refractivity contribution in [1.82, 2.24) is 15.5 Å². The lowest BCUT2D eigenvalue weighted by Gasteiger charge is -2.31. The molecule has 0 spiro atoms. The number of carbonyl (C=O) groups is 2. The van der Waals surface area contributed by atoms with Crippen molar-refractivity contribution < 1.29 is 14.3 Å². The van der Waals surface area contributed by atoms with Crippen LogP contribution in [0, 0.1) is 5.92 Å². The summed E-state index contributed by atoms with van der Waals surface area (Å²) in [5.74, 6) is 0.775. The van der Waals surface area contributed by atoms with Crippen molar-refractivity contribution >= 4 is 24.2 Å². The van der Waals surface area contributed by atoms with Gasteiger partial charge < -0.3 is 20.3 Å². The fourth-order valence-corrected chi connectivity index (χ4v) is 2.74. The molecule has 0 aliphatic carbocycles. The van der Waals surface area contributed by atoms with E-state index < -0.39 is 0 Å². The molecule has 1 fully saturated rings. The number of likely N-dealkylation sites (N-methyl/N-ethyl adjacent to an activating group) is 1. The molecule has 1 aliphatic heterocycles. The maximum atomic E-state index is 12.2. The zero-order valence-electron chi connectivity index (χ0n) is 14.7. The van der Waals surface area contributed by atoms with E-state index in [9.17, 15) is 9.59 Å². The lowest BCUT2D eigenvalue weighted by Crippen LogP contribution is -2.45. The van der Waals surface area contributed by atoms with Gasteiger partial charge in [0.2, 0.25) is 5.91 Å². The van der Waals surface area contributed by atoms with E-state index in [1.54, 1.807) is 4.90 Å². The quantitative estimate of drug-likeness (QED) is 0.680. The van der Waals surface area contributed by atoms with Crippen LogP contribution in [-0.4, -0.2) is 56.0 Å². The van der Waals surface area contributed by atoms with Gasteiger partial charge in [-0.2, -0.15) is 0 Å². The normalized spacial score (nSPS) is 14.5. The van der Waals surface area contributed by atoms with Crippen LogP contribution in [0.25, 0.3) is 0 Å². The number of amides is 2. The molecule has 0 bridgehead atoms. The molecule has 7 heteroatoms. The summed E-state index contributed by atoms with van der Waals surface area (Å²) in [6.07, 6.45) is 1.42. The standard InChI is InChI=1S/C18H27N3O3.ClH/c1-2-19-10-11-20-18(23)15-8-12-21(13-9-15)17(22)14-24-16-6-4-3-5-7-16;/h3-7,15,19H,2,8-14H2,1H3,(H,20,23);1H. The first-order valence-electron chi connectivity index (χ1n) is 8.64. The Balaban J connectivity index is 0.00000312. The molecule has 1 aliphatic rings. The molecule has 1 heterocycles. The van der Waals surface area contributed by atoms with Crippen LogP contribution in [0.5, 0.6) is 5.75 Å². The van der Waals surface area contributed by atoms with E-state index in [2.05, 4.69) is 10.6 Å². The SMILES string of the molecule is CCNCCNC(=O)C1CCN(C(=O)COc2ccccc2)CC1.Cl. The second-order valence-electron chi connectivity index (χ2n) is 5.90. The van der Waals surface area contributed by atoms with Gasteiger partial charge in [0, 0.05) is 32.1 Å². The highest BCUT2D eigenvalue weighted by molar-refractivity contribution is 5.85. The third kappa shape index (κ3) is 7.32. The first kappa shape index (κ1) is 21.3. The minimum Gasteiger partial charge on any atom is -0.484 e. The van der Waals surface area contributed by atoms with Gasteiger partial charge in [-0.3, -0.25) is 9.59 Å². The zero-order valence-corrected chi connectivity index (χ0v) is 15.5. The Hall–Kier alpha value is -1.79. The van der Waals surface area contributed by atoms with E-state index >= 15 is 0 Å². The molecule has 1 aromatic carbocycles. The lowest BCUT2D eigenvalue weighted by molar-refractivity contribution is -0.137. The van der Waals surface area contributed by atoms with Gasteiger partial charge in [0.1, 0.15) is 5.75 Å². The molecule has 6 nitrogen and oxygen atoms in total. The molecule has 0 unspecified atom stereocenters. The number of hydrogen-bond donors (Lipinski definition) is 2. The largest absolute Gasteiger partial charge is 0.484 e. The number of para-hydroxylation sites is 1. The average Bonchev–Trinajstić information content (AvgIpc) is 2.64. The van der Waals surface area contributed by atoms with Gasteiger partial charge in [-0.25, -0.2) is 0 Å². The molecule has 0 aromatic heterocycles. The van der Waals surface area contributed by atoms with Crippen molar-refractivity contribution in [3.8, 4) is 5.75 Å². The first-order valence-corrected chi connectivity index (χ1v) is 8.64. The summed E-state index contributed by atoms with van der Waals surface area (Å²) in [6.45, 7) is 5.65. The number of benzene rings is 1. The molecule has 2 rings (SSSR count). The van der Waals surface area contributed by atoms with E-state index in [0.717, 1.165) is 13.1 Å². The van der Waals surface area contributed by atoms with Gasteiger partial charge in [0.05, 0.1) is 0 Å². The third-order valence-corrected chi connectivity index (χ3v) is 4.17. The summed E-state index contributed by atoms with van der Waals surface area (Å²) in [4.78, 5) is 26.0. The lowest BCUT2D eigenvalue weighted by atomic mass is 9.96. The van der Waals surface area contributed by atoms with E-state index in [1.807, 2.05) is 37.3 Å². The van der Waals surface area contributed by atoms with Gasteiger partial charge in [0.25, 0.3) is 5.91 Å². The Kier molecular flexibility index (Phi) is 9.96. The highest BCUT2D eigenvalue weighted by Crippen LogP contribution is 2.17. The number of nitrogens with zero attached hydrogens (tertiary/aromatic N) is 1. The van der Waals surface area contributed by atoms with E-state index in [4.69, 9.17) is 4.74 Å². The number of piperidine rings is 1. The van der Waals surface area contributed by atoms with Crippen LogP contribution >= 0.6 is 12.4 Å². The Morgan fingerprint density at radius 1 is 1.16 bits per heavy atom. The third-order valence-electron chi connectivity index (χ3n) is 4.17. The fraction of sp³-hybridized carbons (Fsp3) is 0.556. The minimum absolute atomic E-state index is 0. The van der Waals surface area contributed by atoms with Gasteiger partial charge >= 0.3 is 0 Å². The minimum atomic E-state index is -0.0233. The molecule has 1 aromatic rings. The van der Waals surface area contributed by atoms with E-state index in [1.165, 1.54) is 0 Å². The summed E-state index contributed by atoms with van der Waals surface area (Å²) in [7, 11) is 0. The van der Waals surface area contributed by atoms with E-state index in [-0.39, 0.29) is 36.7 Å². The van der Waals surface area contributed by atoms with Crippen molar-refractivity contribution in [1.29, 1.82) is 0 Å². The molecular formula is C18H28ClN3O3. The molecule has 0 radical (unpaired) electrons. The second-order valence-corrected chi connectivity index (χ2v) is 5.90. The number of nitrogens with one attached hydrogen (secondary N) is 2. The highest BCUT2D eigenvalue weighted by Gasteiger charge is 2.27. The van der Waals surface area contributed by atoms with Gasteiger partial charge in [-0.1, -0.05) is 25.1 Å². The fourth-order valence-electron chi connectivity index (χ4n) is 2.74. The van der Waals surface area contributed by atoms with Crippen molar-refractivity contribution in [3.05, 3.63) is 30.3 Å². The van der Waals surface area contributed by atoms with Crippen molar-refractivity contribution in [2.75, 3.05) is 39.3 Å². The number of carbonyl (C=O) groups excluding carboxylic acids is 2. The van der Waals surface area contributed by atoms with E-state index in [0.29, 0.717) is 38.2 Å². The first-order chi connectivity index (χ1) is 11.7. The molecule has 0 atom stereocenters. The topological polar surface area (TPSA) is 70.7 Å². The Labute approximate surface area is 155 Å². The Bertz CT molecular complexity index is 520. The van der Waals surface area contributed by atoms with Crippen LogP contribution < -0.4 is 15.4 Å². The summed E-state index contributed by atoms with van der Waals surface area (Å²) in [6, 6.07) is 9.32. The zero-order chi connectivity index (χ0) is 17.2. The number of halogens is 1. The monoisotopic (exact) mass is 369 g/mol. The predicted molar refractivity (Wildman–Crippen MR) is 100 cm³/mol. The van der Waals surface area contributed by atoms with Crippen LogP contribution in [0.3, 0.4) is 0 Å². The number of likely N-dealkylation sites (tertiary alicyclic amines) is 1. The summed E-state index contributed by atoms with van der Waals surface area (Å²) in [5, 5.41) is 6.12. The molecule has 25 heavy (non-hydrogen) atoms. The van der Waals surface area contributed by atoms with Crippen LogP contribution in [0.1, 0.15) is 19.8 Å². The maximum Gasteiger partial charge on any atom is 0.260 e. The molecule has 1 saturated heterocycles. The van der Waals surface area contributed by atoms with Crippen molar-refractivity contribution in [2.24, 2.45) is 5.92 Å². The summed E-state index contributed by atoms with van der Waals surface area (Å²) >= 11 is 0. The Morgan fingerprint density at radius 3 is 2.48 bits per heavy atom. The molecule has 2 amide bonds. The highest BCUT2D eigenvalue weighted by atomic mass is 35.5. The van der Waals surface area contributed by atoms with Crippen LogP contribution in [0.2, 0.25) is 0 Å². The smallest absolute Gasteiger partial charge is 0.260 e. The molecular weight excluding hydrogens is 342 g/mol. The average molecular weight is 370 g/mol.